The van der Waals surface area contributed by atoms with Crippen LogP contribution in [0.15, 0.2) is 48.5 Å². The molecular weight excluding hydrogens is 326 g/mol. The van der Waals surface area contributed by atoms with E-state index in [2.05, 4.69) is 10.2 Å². The summed E-state index contributed by atoms with van der Waals surface area (Å²) in [5, 5.41) is 17.6. The number of nitrogens with one attached hydrogen (secondary N) is 1. The number of amides is 1. The van der Waals surface area contributed by atoms with E-state index in [0.717, 1.165) is 54.5 Å². The maximum atomic E-state index is 12.7. The van der Waals surface area contributed by atoms with Gasteiger partial charge in [-0.05, 0) is 43.4 Å². The monoisotopic (exact) mass is 349 g/mol. The van der Waals surface area contributed by atoms with Crippen molar-refractivity contribution in [2.24, 2.45) is 5.92 Å². The number of nitrogens with zero attached hydrogens (tertiary/aromatic N) is 2. The Labute approximate surface area is 152 Å². The van der Waals surface area contributed by atoms with Crippen molar-refractivity contribution >= 4 is 16.8 Å². The third-order valence-corrected chi connectivity index (χ3v) is 5.31. The van der Waals surface area contributed by atoms with Crippen LogP contribution in [0.1, 0.15) is 29.6 Å². The van der Waals surface area contributed by atoms with Gasteiger partial charge in [-0.2, -0.15) is 5.10 Å². The molecule has 2 heterocycles. The first kappa shape index (κ1) is 16.8. The molecule has 0 radical (unpaired) electrons. The van der Waals surface area contributed by atoms with Gasteiger partial charge < -0.3 is 10.0 Å². The first-order valence-electron chi connectivity index (χ1n) is 9.20. The molecule has 3 aromatic rings. The minimum absolute atomic E-state index is 0.0888. The zero-order valence-electron chi connectivity index (χ0n) is 14.7. The van der Waals surface area contributed by atoms with Gasteiger partial charge in [-0.3, -0.25) is 9.89 Å². The average molecular weight is 349 g/mol. The summed E-state index contributed by atoms with van der Waals surface area (Å²) in [4.78, 5) is 14.7. The fourth-order valence-corrected chi connectivity index (χ4v) is 3.74. The summed E-state index contributed by atoms with van der Waals surface area (Å²) in [6.45, 7) is 1.78. The minimum atomic E-state index is 0.0888. The summed E-state index contributed by atoms with van der Waals surface area (Å²) in [5.41, 5.74) is 3.63. The Balaban J connectivity index is 1.49. The summed E-state index contributed by atoms with van der Waals surface area (Å²) in [6, 6.07) is 15.7. The zero-order chi connectivity index (χ0) is 17.9. The summed E-state index contributed by atoms with van der Waals surface area (Å²) >= 11 is 0. The predicted octanol–water partition coefficient (Wildman–Crippen LogP) is 3.46. The molecule has 134 valence electrons. The Morgan fingerprint density at radius 3 is 2.58 bits per heavy atom. The van der Waals surface area contributed by atoms with Crippen LogP contribution in [0.2, 0.25) is 0 Å². The number of hydrogen-bond donors (Lipinski definition) is 2. The number of aromatic nitrogens is 2. The number of carbonyl (C=O) groups is 1. The molecule has 0 saturated carbocycles. The number of para-hydroxylation sites is 1. The summed E-state index contributed by atoms with van der Waals surface area (Å²) in [6.07, 6.45) is 2.79. The Bertz CT molecular complexity index is 893. The lowest BCUT2D eigenvalue weighted by Crippen LogP contribution is -2.38. The second-order valence-electron chi connectivity index (χ2n) is 6.94. The lowest BCUT2D eigenvalue weighted by molar-refractivity contribution is 0.0678. The molecule has 1 amide bonds. The first-order valence-corrected chi connectivity index (χ1v) is 9.20. The van der Waals surface area contributed by atoms with Crippen LogP contribution >= 0.6 is 0 Å². The van der Waals surface area contributed by atoms with Crippen LogP contribution < -0.4 is 0 Å². The lowest BCUT2D eigenvalue weighted by atomic mass is 9.93. The van der Waals surface area contributed by atoms with E-state index in [1.807, 2.05) is 53.4 Å². The molecule has 1 aliphatic rings. The zero-order valence-corrected chi connectivity index (χ0v) is 14.7. The molecule has 5 heteroatoms. The van der Waals surface area contributed by atoms with E-state index in [-0.39, 0.29) is 12.5 Å². The van der Waals surface area contributed by atoms with E-state index in [0.29, 0.717) is 11.5 Å². The van der Waals surface area contributed by atoms with Gasteiger partial charge in [-0.1, -0.05) is 30.3 Å². The number of carbonyl (C=O) groups excluding carboxylic acids is 1. The second-order valence-corrected chi connectivity index (χ2v) is 6.94. The lowest BCUT2D eigenvalue weighted by Gasteiger charge is -2.31. The molecule has 0 bridgehead atoms. The molecular formula is C21H23N3O2. The predicted molar refractivity (Wildman–Crippen MR) is 102 cm³/mol. The van der Waals surface area contributed by atoms with Gasteiger partial charge in [0.1, 0.15) is 0 Å². The largest absolute Gasteiger partial charge is 0.396 e. The van der Waals surface area contributed by atoms with Crippen LogP contribution in [0.25, 0.3) is 22.2 Å². The Hall–Kier alpha value is -2.66. The maximum absolute atomic E-state index is 12.7. The van der Waals surface area contributed by atoms with Crippen LogP contribution in [0.4, 0.5) is 0 Å². The molecule has 0 spiro atoms. The maximum Gasteiger partial charge on any atom is 0.253 e. The number of fused-ring (bicyclic) bond motifs is 1. The molecule has 2 N–H and O–H groups in total. The fraction of sp³-hybridized carbons (Fsp3) is 0.333. The van der Waals surface area contributed by atoms with Crippen LogP contribution in [-0.4, -0.2) is 45.8 Å². The van der Waals surface area contributed by atoms with Gasteiger partial charge in [0.25, 0.3) is 5.91 Å². The quantitative estimate of drug-likeness (QED) is 0.758. The SMILES string of the molecule is O=C(c1ccc(-c2n[nH]c3ccccc23)cc1)N1CCC(CCO)CC1. The number of aliphatic hydroxyl groups is 1. The van der Waals surface area contributed by atoms with Crippen molar-refractivity contribution < 1.29 is 9.90 Å². The number of H-pyrrole nitrogens is 1. The number of hydrogen-bond acceptors (Lipinski definition) is 3. The highest BCUT2D eigenvalue weighted by atomic mass is 16.3. The van der Waals surface area contributed by atoms with Crippen molar-refractivity contribution in [2.45, 2.75) is 19.3 Å². The third kappa shape index (κ3) is 3.22. The molecule has 0 aliphatic carbocycles. The first-order chi connectivity index (χ1) is 12.8. The van der Waals surface area contributed by atoms with Crippen molar-refractivity contribution in [3.8, 4) is 11.3 Å². The fourth-order valence-electron chi connectivity index (χ4n) is 3.74. The van der Waals surface area contributed by atoms with E-state index < -0.39 is 0 Å². The second kappa shape index (κ2) is 7.30. The number of benzene rings is 2. The molecule has 0 unspecified atom stereocenters. The molecule has 1 saturated heterocycles. The van der Waals surface area contributed by atoms with Gasteiger partial charge in [-0.15, -0.1) is 0 Å². The minimum Gasteiger partial charge on any atom is -0.396 e. The summed E-state index contributed by atoms with van der Waals surface area (Å²) < 4.78 is 0. The standard InChI is InChI=1S/C21H23N3O2/c25-14-11-15-9-12-24(13-10-15)21(26)17-7-5-16(6-8-17)20-18-3-1-2-4-19(18)22-23-20/h1-8,15,25H,9-14H2,(H,22,23). The van der Waals surface area contributed by atoms with Crippen molar-refractivity contribution in [2.75, 3.05) is 19.7 Å². The highest BCUT2D eigenvalue weighted by Crippen LogP contribution is 2.27. The van der Waals surface area contributed by atoms with Crippen LogP contribution in [0.3, 0.4) is 0 Å². The molecule has 5 nitrogen and oxygen atoms in total. The highest BCUT2D eigenvalue weighted by molar-refractivity contribution is 5.96. The number of aromatic amines is 1. The highest BCUT2D eigenvalue weighted by Gasteiger charge is 2.23. The molecule has 1 aromatic heterocycles. The Kier molecular flexibility index (Phi) is 4.71. The van der Waals surface area contributed by atoms with Gasteiger partial charge in [-0.25, -0.2) is 0 Å². The van der Waals surface area contributed by atoms with Gasteiger partial charge in [0.05, 0.1) is 11.2 Å². The van der Waals surface area contributed by atoms with Gasteiger partial charge in [0, 0.05) is 36.2 Å². The molecule has 0 atom stereocenters. The number of aliphatic hydroxyl groups excluding tert-OH is 1. The number of likely N-dealkylation sites (tertiary alicyclic amines) is 1. The normalized spacial score (nSPS) is 15.5. The van der Waals surface area contributed by atoms with E-state index in [4.69, 9.17) is 5.11 Å². The average Bonchev–Trinajstić information content (AvgIpc) is 3.13. The van der Waals surface area contributed by atoms with E-state index in [1.165, 1.54) is 0 Å². The smallest absolute Gasteiger partial charge is 0.253 e. The Morgan fingerprint density at radius 1 is 1.12 bits per heavy atom. The van der Waals surface area contributed by atoms with Crippen molar-refractivity contribution in [1.82, 2.24) is 15.1 Å². The van der Waals surface area contributed by atoms with Crippen molar-refractivity contribution in [3.63, 3.8) is 0 Å². The molecule has 1 fully saturated rings. The van der Waals surface area contributed by atoms with E-state index in [1.54, 1.807) is 0 Å². The number of piperidine rings is 1. The Morgan fingerprint density at radius 2 is 1.85 bits per heavy atom. The topological polar surface area (TPSA) is 69.2 Å². The van der Waals surface area contributed by atoms with Crippen molar-refractivity contribution in [3.05, 3.63) is 54.1 Å². The molecule has 26 heavy (non-hydrogen) atoms. The third-order valence-electron chi connectivity index (χ3n) is 5.31. The summed E-state index contributed by atoms with van der Waals surface area (Å²) in [7, 11) is 0. The van der Waals surface area contributed by atoms with Crippen LogP contribution in [0, 0.1) is 5.92 Å². The van der Waals surface area contributed by atoms with Crippen LogP contribution in [-0.2, 0) is 0 Å². The van der Waals surface area contributed by atoms with Gasteiger partial charge in [0.15, 0.2) is 0 Å². The van der Waals surface area contributed by atoms with Gasteiger partial charge in [0.2, 0.25) is 0 Å². The molecule has 4 rings (SSSR count). The van der Waals surface area contributed by atoms with E-state index in [9.17, 15) is 4.79 Å². The van der Waals surface area contributed by atoms with Crippen molar-refractivity contribution in [1.29, 1.82) is 0 Å². The van der Waals surface area contributed by atoms with E-state index >= 15 is 0 Å². The summed E-state index contributed by atoms with van der Waals surface area (Å²) in [5.74, 6) is 0.630. The molecule has 2 aromatic carbocycles. The van der Waals surface area contributed by atoms with Gasteiger partial charge >= 0.3 is 0 Å². The number of rotatable bonds is 4. The molecule has 1 aliphatic heterocycles. The van der Waals surface area contributed by atoms with Crippen LogP contribution in [0.5, 0.6) is 0 Å².